The van der Waals surface area contributed by atoms with Gasteiger partial charge in [0.05, 0.1) is 9.60 Å². The van der Waals surface area contributed by atoms with Crippen LogP contribution in [0.1, 0.15) is 0 Å². The second kappa shape index (κ2) is 3.34. The number of halogens is 2. The maximum absolute atomic E-state index is 11.0. The van der Waals surface area contributed by atoms with Crippen LogP contribution >= 0.6 is 33.8 Å². The van der Waals surface area contributed by atoms with E-state index >= 15 is 0 Å². The molecule has 0 unspecified atom stereocenters. The van der Waals surface area contributed by atoms with Crippen molar-refractivity contribution >= 4 is 53.0 Å². The van der Waals surface area contributed by atoms with E-state index in [1.54, 1.807) is 6.07 Å². The summed E-state index contributed by atoms with van der Waals surface area (Å²) >= 11 is 6.90. The number of aromatic nitrogens is 1. The van der Waals surface area contributed by atoms with Crippen molar-refractivity contribution < 1.29 is 8.42 Å². The van der Waals surface area contributed by atoms with E-state index in [0.29, 0.717) is 9.85 Å². The molecule has 0 atom stereocenters. The summed E-state index contributed by atoms with van der Waals surface area (Å²) in [5.74, 6) is 0. The number of fused-ring (bicyclic) bond motifs is 1. The molecule has 0 fully saturated rings. The van der Waals surface area contributed by atoms with Crippen LogP contribution in [-0.4, -0.2) is 12.8 Å². The van der Waals surface area contributed by atoms with E-state index in [-0.39, 0.29) is 4.90 Å². The minimum absolute atomic E-state index is 0.0620. The summed E-state index contributed by atoms with van der Waals surface area (Å²) in [5.41, 5.74) is 0. The minimum Gasteiger partial charge on any atom is -0.207 e. The molecular weight excluding hydrogens is 265 g/mol. The molecule has 0 saturated heterocycles. The molecule has 1 aromatic carbocycles. The summed E-state index contributed by atoms with van der Waals surface area (Å²) in [4.78, 5) is 0.0620. The van der Waals surface area contributed by atoms with Gasteiger partial charge in [-0.3, -0.25) is 0 Å². The molecule has 0 saturated carbocycles. The van der Waals surface area contributed by atoms with E-state index in [1.807, 2.05) is 0 Å². The van der Waals surface area contributed by atoms with E-state index in [1.165, 1.54) is 12.1 Å². The monoisotopic (exact) mass is 267 g/mol. The van der Waals surface area contributed by atoms with Gasteiger partial charge in [-0.1, -0.05) is 11.6 Å². The Morgan fingerprint density at radius 3 is 2.71 bits per heavy atom. The number of nitrogens with zero attached hydrogens (tertiary/aromatic N) is 1. The van der Waals surface area contributed by atoms with Crippen LogP contribution < -0.4 is 0 Å². The van der Waals surface area contributed by atoms with Crippen molar-refractivity contribution in [2.45, 2.75) is 4.90 Å². The number of hydrogen-bond donors (Lipinski definition) is 0. The van der Waals surface area contributed by atoms with Crippen molar-refractivity contribution in [3.63, 3.8) is 0 Å². The van der Waals surface area contributed by atoms with Gasteiger partial charge in [-0.15, -0.1) is 0 Å². The molecule has 1 aromatic heterocycles. The SMILES string of the molecule is O=S(=O)(Cl)c1ccc2c(Cl)nsc2c1. The Kier molecular flexibility index (Phi) is 2.43. The van der Waals surface area contributed by atoms with Gasteiger partial charge in [0.15, 0.2) is 5.15 Å². The van der Waals surface area contributed by atoms with Gasteiger partial charge < -0.3 is 0 Å². The molecule has 0 aliphatic heterocycles. The van der Waals surface area contributed by atoms with E-state index in [9.17, 15) is 8.42 Å². The summed E-state index contributed by atoms with van der Waals surface area (Å²) in [6, 6.07) is 4.46. The topological polar surface area (TPSA) is 47.0 Å². The minimum atomic E-state index is -3.68. The lowest BCUT2D eigenvalue weighted by Gasteiger charge is -1.94. The smallest absolute Gasteiger partial charge is 0.207 e. The average molecular weight is 268 g/mol. The van der Waals surface area contributed by atoms with E-state index < -0.39 is 9.05 Å². The highest BCUT2D eigenvalue weighted by Crippen LogP contribution is 2.29. The number of rotatable bonds is 1. The Labute approximate surface area is 93.8 Å². The van der Waals surface area contributed by atoms with Crippen LogP contribution in [0.3, 0.4) is 0 Å². The van der Waals surface area contributed by atoms with Gasteiger partial charge >= 0.3 is 0 Å². The number of hydrogen-bond acceptors (Lipinski definition) is 4. The lowest BCUT2D eigenvalue weighted by atomic mass is 10.3. The fraction of sp³-hybridized carbons (Fsp3) is 0. The van der Waals surface area contributed by atoms with Crippen LogP contribution in [0.4, 0.5) is 0 Å². The van der Waals surface area contributed by atoms with Gasteiger partial charge in [0.2, 0.25) is 0 Å². The van der Waals surface area contributed by atoms with Crippen LogP contribution in [0.15, 0.2) is 23.1 Å². The molecular formula is C7H3Cl2NO2S2. The van der Waals surface area contributed by atoms with Gasteiger partial charge in [0.25, 0.3) is 9.05 Å². The first-order valence-electron chi connectivity index (χ1n) is 3.48. The van der Waals surface area contributed by atoms with E-state index in [2.05, 4.69) is 4.37 Å². The van der Waals surface area contributed by atoms with E-state index in [4.69, 9.17) is 22.3 Å². The molecule has 0 aliphatic carbocycles. The Hall–Kier alpha value is -0.360. The molecule has 74 valence electrons. The van der Waals surface area contributed by atoms with Crippen LogP contribution in [0.5, 0.6) is 0 Å². The summed E-state index contributed by atoms with van der Waals surface area (Å²) < 4.78 is 26.6. The fourth-order valence-electron chi connectivity index (χ4n) is 1.04. The van der Waals surface area contributed by atoms with Crippen molar-refractivity contribution in [1.82, 2.24) is 4.37 Å². The number of benzene rings is 1. The predicted octanol–water partition coefficient (Wildman–Crippen LogP) is 2.88. The molecule has 0 amide bonds. The maximum atomic E-state index is 11.0. The van der Waals surface area contributed by atoms with Gasteiger partial charge in [-0.2, -0.15) is 4.37 Å². The molecule has 0 bridgehead atoms. The lowest BCUT2D eigenvalue weighted by molar-refractivity contribution is 0.609. The van der Waals surface area contributed by atoms with Gasteiger partial charge in [-0.05, 0) is 29.7 Å². The molecule has 14 heavy (non-hydrogen) atoms. The normalized spacial score (nSPS) is 12.1. The summed E-state index contributed by atoms with van der Waals surface area (Å²) in [6.07, 6.45) is 0. The Bertz CT molecular complexity index is 591. The average Bonchev–Trinajstić information content (AvgIpc) is 2.46. The first-order chi connectivity index (χ1) is 6.48. The molecule has 0 spiro atoms. The first kappa shape index (κ1) is 10.2. The van der Waals surface area contributed by atoms with Crippen LogP contribution in [0.2, 0.25) is 5.15 Å². The standard InChI is InChI=1S/C7H3Cl2NO2S2/c8-7-5-2-1-4(14(9,11)12)3-6(5)13-10-7/h1-3H. The zero-order valence-electron chi connectivity index (χ0n) is 6.57. The predicted molar refractivity (Wildman–Crippen MR) is 57.7 cm³/mol. The Balaban J connectivity index is 2.76. The Morgan fingerprint density at radius 1 is 1.36 bits per heavy atom. The molecule has 3 nitrogen and oxygen atoms in total. The summed E-state index contributed by atoms with van der Waals surface area (Å²) in [6.45, 7) is 0. The highest BCUT2D eigenvalue weighted by molar-refractivity contribution is 8.13. The van der Waals surface area contributed by atoms with Crippen LogP contribution in [0.25, 0.3) is 10.1 Å². The van der Waals surface area contributed by atoms with Crippen molar-refractivity contribution in [2.75, 3.05) is 0 Å². The van der Waals surface area contributed by atoms with Crippen molar-refractivity contribution in [2.24, 2.45) is 0 Å². The third kappa shape index (κ3) is 1.72. The van der Waals surface area contributed by atoms with Crippen LogP contribution in [0, 0.1) is 0 Å². The fourth-order valence-corrected chi connectivity index (χ4v) is 2.93. The maximum Gasteiger partial charge on any atom is 0.261 e. The molecule has 0 aliphatic rings. The highest BCUT2D eigenvalue weighted by atomic mass is 35.7. The van der Waals surface area contributed by atoms with E-state index in [0.717, 1.165) is 16.9 Å². The molecule has 7 heteroatoms. The third-order valence-electron chi connectivity index (χ3n) is 1.68. The highest BCUT2D eigenvalue weighted by Gasteiger charge is 2.12. The second-order valence-electron chi connectivity index (χ2n) is 2.57. The zero-order chi connectivity index (χ0) is 10.3. The van der Waals surface area contributed by atoms with Crippen molar-refractivity contribution in [3.05, 3.63) is 23.4 Å². The summed E-state index contributed by atoms with van der Waals surface area (Å²) in [5, 5.41) is 1.12. The quantitative estimate of drug-likeness (QED) is 0.747. The van der Waals surface area contributed by atoms with Crippen molar-refractivity contribution in [1.29, 1.82) is 0 Å². The molecule has 1 heterocycles. The molecule has 2 rings (SSSR count). The first-order valence-corrected chi connectivity index (χ1v) is 6.94. The summed E-state index contributed by atoms with van der Waals surface area (Å²) in [7, 11) is 1.51. The Morgan fingerprint density at radius 2 is 2.07 bits per heavy atom. The lowest BCUT2D eigenvalue weighted by Crippen LogP contribution is -1.88. The molecule has 2 aromatic rings. The van der Waals surface area contributed by atoms with Gasteiger partial charge in [0, 0.05) is 16.1 Å². The largest absolute Gasteiger partial charge is 0.261 e. The van der Waals surface area contributed by atoms with Gasteiger partial charge in [-0.25, -0.2) is 8.42 Å². The van der Waals surface area contributed by atoms with Crippen LogP contribution in [-0.2, 0) is 9.05 Å². The zero-order valence-corrected chi connectivity index (χ0v) is 9.71. The van der Waals surface area contributed by atoms with Gasteiger partial charge in [0.1, 0.15) is 0 Å². The van der Waals surface area contributed by atoms with Crippen molar-refractivity contribution in [3.8, 4) is 0 Å². The third-order valence-corrected chi connectivity index (χ3v) is 4.23. The molecule has 0 radical (unpaired) electrons. The second-order valence-corrected chi connectivity index (χ2v) is 6.30. The molecule has 0 N–H and O–H groups in total.